The lowest BCUT2D eigenvalue weighted by Gasteiger charge is -2.27. The third-order valence-corrected chi connectivity index (χ3v) is 11.1. The van der Waals surface area contributed by atoms with Gasteiger partial charge in [-0.05, 0) is 43.7 Å². The Bertz CT molecular complexity index is 2490. The highest BCUT2D eigenvalue weighted by atomic mass is 19.4. The van der Waals surface area contributed by atoms with E-state index in [2.05, 4.69) is 67.5 Å². The number of benzene rings is 1. The van der Waals surface area contributed by atoms with Gasteiger partial charge in [-0.2, -0.15) is 13.2 Å². The number of carboxylic acids is 1. The van der Waals surface area contributed by atoms with Crippen LogP contribution >= 0.6 is 0 Å². The van der Waals surface area contributed by atoms with Crippen LogP contribution in [0.15, 0.2) is 55.5 Å². The molecule has 0 saturated heterocycles. The lowest BCUT2D eigenvalue weighted by atomic mass is 10.0. The predicted molar refractivity (Wildman–Crippen MR) is 258 cm³/mol. The average molecular weight is 1030 g/mol. The van der Waals surface area contributed by atoms with Gasteiger partial charge in [-0.15, -0.1) is 0 Å². The molecule has 4 aromatic rings. The molecular formula is C47H66F3N13O10. The maximum Gasteiger partial charge on any atom is 0.490 e. The van der Waals surface area contributed by atoms with E-state index in [1.54, 1.807) is 33.9 Å². The Morgan fingerprint density at radius 3 is 1.49 bits per heavy atom. The summed E-state index contributed by atoms with van der Waals surface area (Å²) in [6.07, 6.45) is 2.96. The van der Waals surface area contributed by atoms with Gasteiger partial charge in [0.1, 0.15) is 42.3 Å². The number of carbonyl (C=O) groups is 9. The van der Waals surface area contributed by atoms with Crippen LogP contribution < -0.4 is 42.5 Å². The number of aromatic nitrogens is 5. The zero-order valence-electron chi connectivity index (χ0n) is 41.9. The Kier molecular flexibility index (Phi) is 22.6. The predicted octanol–water partition coefficient (Wildman–Crippen LogP) is 0.813. The Balaban J connectivity index is 0.00000187. The first-order chi connectivity index (χ1) is 34.2. The van der Waals surface area contributed by atoms with Crippen LogP contribution in [0.1, 0.15) is 78.8 Å². The summed E-state index contributed by atoms with van der Waals surface area (Å²) in [6, 6.07) is -0.461. The van der Waals surface area contributed by atoms with Gasteiger partial charge < -0.3 is 62.6 Å². The first-order valence-corrected chi connectivity index (χ1v) is 23.4. The van der Waals surface area contributed by atoms with E-state index >= 15 is 0 Å². The highest BCUT2D eigenvalue weighted by Gasteiger charge is 2.38. The zero-order chi connectivity index (χ0) is 54.7. The number of aliphatic carboxylic acids is 1. The number of rotatable bonds is 24. The molecule has 0 radical (unpaired) electrons. The van der Waals surface area contributed by atoms with Gasteiger partial charge >= 0.3 is 12.1 Å². The van der Waals surface area contributed by atoms with Crippen molar-refractivity contribution in [2.24, 2.45) is 17.8 Å². The van der Waals surface area contributed by atoms with Crippen molar-refractivity contribution in [1.82, 2.24) is 67.5 Å². The van der Waals surface area contributed by atoms with Gasteiger partial charge in [0.2, 0.25) is 47.3 Å². The molecule has 3 heterocycles. The number of carboxylic acid groups (broad SMARTS) is 1. The quantitative estimate of drug-likeness (QED) is 0.0464. The lowest BCUT2D eigenvalue weighted by Crippen LogP contribution is -2.60. The molecule has 12 N–H and O–H groups in total. The van der Waals surface area contributed by atoms with Crippen molar-refractivity contribution in [3.63, 3.8) is 0 Å². The number of likely N-dealkylation sites (N-methyl/N-ethyl adjacent to an activating group) is 1. The van der Waals surface area contributed by atoms with Crippen molar-refractivity contribution < 1.29 is 61.4 Å². The average Bonchev–Trinajstić information content (AvgIpc) is 4.13. The van der Waals surface area contributed by atoms with Gasteiger partial charge in [0.15, 0.2) is 0 Å². The summed E-state index contributed by atoms with van der Waals surface area (Å²) in [7, 11) is 1.46. The fourth-order valence-electron chi connectivity index (χ4n) is 7.00. The second-order valence-corrected chi connectivity index (χ2v) is 18.3. The van der Waals surface area contributed by atoms with Crippen molar-refractivity contribution in [3.8, 4) is 0 Å². The maximum atomic E-state index is 14.1. The van der Waals surface area contributed by atoms with Gasteiger partial charge in [-0.3, -0.25) is 38.4 Å². The molecule has 0 aliphatic carbocycles. The van der Waals surface area contributed by atoms with Gasteiger partial charge in [-0.25, -0.2) is 14.8 Å². The van der Waals surface area contributed by atoms with Crippen LogP contribution in [0.4, 0.5) is 13.2 Å². The molecule has 3 aromatic heterocycles. The fourth-order valence-corrected chi connectivity index (χ4v) is 7.00. The minimum absolute atomic E-state index is 0.00144. The molecule has 4 rings (SSSR count). The van der Waals surface area contributed by atoms with Crippen LogP contribution in [0, 0.1) is 17.8 Å². The van der Waals surface area contributed by atoms with E-state index in [-0.39, 0.29) is 31.1 Å². The molecule has 0 bridgehead atoms. The van der Waals surface area contributed by atoms with Crippen molar-refractivity contribution in [2.75, 3.05) is 7.05 Å². The largest absolute Gasteiger partial charge is 0.490 e. The first kappa shape index (κ1) is 59.5. The molecule has 8 amide bonds. The Hall–Kier alpha value is -7.80. The number of carbonyl (C=O) groups excluding carboxylic acids is 8. The molecule has 0 aliphatic rings. The lowest BCUT2D eigenvalue weighted by molar-refractivity contribution is -0.192. The summed E-state index contributed by atoms with van der Waals surface area (Å²) in [6.45, 7) is 13.4. The molecule has 400 valence electrons. The van der Waals surface area contributed by atoms with Crippen molar-refractivity contribution in [1.29, 1.82) is 0 Å². The maximum absolute atomic E-state index is 14.1. The van der Waals surface area contributed by atoms with Crippen LogP contribution in [0.25, 0.3) is 10.9 Å². The van der Waals surface area contributed by atoms with E-state index in [0.29, 0.717) is 23.4 Å². The summed E-state index contributed by atoms with van der Waals surface area (Å²) >= 11 is 0. The molecule has 7 atom stereocenters. The van der Waals surface area contributed by atoms with Crippen LogP contribution in [-0.4, -0.2) is 139 Å². The van der Waals surface area contributed by atoms with E-state index in [4.69, 9.17) is 9.90 Å². The molecule has 0 aliphatic heterocycles. The number of para-hydroxylation sites is 1. The monoisotopic (exact) mass is 1030 g/mol. The normalized spacial score (nSPS) is 14.2. The second kappa shape index (κ2) is 27.7. The molecule has 0 spiro atoms. The Labute approximate surface area is 418 Å². The first-order valence-electron chi connectivity index (χ1n) is 23.4. The number of alkyl halides is 3. The van der Waals surface area contributed by atoms with E-state index in [0.717, 1.165) is 10.9 Å². The number of H-pyrrole nitrogens is 3. The van der Waals surface area contributed by atoms with Gasteiger partial charge in [-0.1, -0.05) is 59.7 Å². The van der Waals surface area contributed by atoms with Gasteiger partial charge in [0.25, 0.3) is 0 Å². The number of hydrogen-bond acceptors (Lipinski definition) is 11. The molecular weight excluding hydrogens is 964 g/mol. The molecule has 0 unspecified atom stereocenters. The Morgan fingerprint density at radius 2 is 1.03 bits per heavy atom. The highest BCUT2D eigenvalue weighted by molar-refractivity contribution is 5.98. The minimum atomic E-state index is -5.08. The van der Waals surface area contributed by atoms with E-state index in [1.165, 1.54) is 45.9 Å². The number of imidazole rings is 2. The molecule has 1 aromatic carbocycles. The third kappa shape index (κ3) is 19.0. The number of halogens is 3. The highest BCUT2D eigenvalue weighted by Crippen LogP contribution is 2.20. The van der Waals surface area contributed by atoms with Crippen molar-refractivity contribution in [2.45, 2.75) is 130 Å². The molecule has 73 heavy (non-hydrogen) atoms. The van der Waals surface area contributed by atoms with Crippen LogP contribution in [0.2, 0.25) is 0 Å². The fraction of sp³-hybridized carbons (Fsp3) is 0.511. The van der Waals surface area contributed by atoms with Gasteiger partial charge in [0.05, 0.1) is 12.7 Å². The molecule has 26 heteroatoms. The summed E-state index contributed by atoms with van der Waals surface area (Å²) < 4.78 is 31.7. The number of aromatic amines is 3. The number of nitrogens with zero attached hydrogens (tertiary/aromatic N) is 2. The zero-order valence-corrected chi connectivity index (χ0v) is 41.9. The van der Waals surface area contributed by atoms with E-state index in [9.17, 15) is 51.5 Å². The standard InChI is InChI=1S/C45H65N13O8.C2HF3O2/c1-23(2)14-33(41(62)46-9)56-44(65)36(17-30-20-48-22-51-30)55-39(60)26(7)53-45(66)37(24(3)4)58-40(61)27(8)52-42(63)34(15-28-18-49-32-13-11-10-12-31(28)32)57-43(64)35(54-38(59)25(5)6)16-29-19-47-21-50-29;3-2(4,5)1(6)7/h10-13,18-27,33-37,49H,14-17H2,1-9H3,(H,46,62)(H,47,50)(H,48,51)(H,52,63)(H,53,66)(H,54,59)(H,55,60)(H,56,65)(H,57,64)(H,58,61);(H,6,7)/t26-,27+,33+,34+,35+,36+,37+;/m1./s1. The molecule has 0 fully saturated rings. The van der Waals surface area contributed by atoms with E-state index in [1.807, 2.05) is 38.1 Å². The topological polar surface area (TPSA) is 343 Å². The summed E-state index contributed by atoms with van der Waals surface area (Å²) in [5.41, 5.74) is 2.63. The SMILES string of the molecule is CNC(=O)[C@H](CC(C)C)NC(=O)[C@H](Cc1cnc[nH]1)NC(=O)[C@@H](C)NC(=O)[C@@H](NC(=O)[C@H](C)NC(=O)[C@H](Cc1c[nH]c2ccccc12)NC(=O)[C@H](Cc1cnc[nH]1)NC(=O)C(C)C)C(C)C.O=C(O)C(F)(F)F. The minimum Gasteiger partial charge on any atom is -0.475 e. The summed E-state index contributed by atoms with van der Waals surface area (Å²) in [4.78, 5) is 134. The second-order valence-electron chi connectivity index (χ2n) is 18.3. The molecule has 0 saturated carbocycles. The number of fused-ring (bicyclic) bond motifs is 1. The van der Waals surface area contributed by atoms with Crippen LogP contribution in [0.5, 0.6) is 0 Å². The number of nitrogens with one attached hydrogen (secondary N) is 11. The number of hydrogen-bond donors (Lipinski definition) is 12. The van der Waals surface area contributed by atoms with Crippen molar-refractivity contribution >= 4 is 64.1 Å². The van der Waals surface area contributed by atoms with Crippen LogP contribution in [-0.2, 0) is 62.4 Å². The molecule has 23 nitrogen and oxygen atoms in total. The van der Waals surface area contributed by atoms with Crippen LogP contribution in [0.3, 0.4) is 0 Å². The third-order valence-electron chi connectivity index (χ3n) is 11.1. The Morgan fingerprint density at radius 1 is 0.575 bits per heavy atom. The summed E-state index contributed by atoms with van der Waals surface area (Å²) in [5.74, 6) is -8.49. The van der Waals surface area contributed by atoms with Crippen molar-refractivity contribution in [3.05, 3.63) is 72.5 Å². The summed E-state index contributed by atoms with van der Waals surface area (Å²) in [5, 5.41) is 29.4. The number of amides is 8. The smallest absolute Gasteiger partial charge is 0.475 e. The van der Waals surface area contributed by atoms with Gasteiger partial charge in [0, 0.05) is 73.1 Å². The van der Waals surface area contributed by atoms with E-state index < -0.39 is 108 Å².